The number of hydrogen-bond donors (Lipinski definition) is 1. The predicted molar refractivity (Wildman–Crippen MR) is 73.6 cm³/mol. The van der Waals surface area contributed by atoms with Gasteiger partial charge in [0.2, 0.25) is 0 Å². The molecule has 1 aromatic rings. The summed E-state index contributed by atoms with van der Waals surface area (Å²) in [5.41, 5.74) is 9.29. The van der Waals surface area contributed by atoms with Crippen molar-refractivity contribution in [2.75, 3.05) is 7.05 Å². The summed E-state index contributed by atoms with van der Waals surface area (Å²) >= 11 is 0. The maximum Gasteiger partial charge on any atom is 0.166 e. The number of benzene rings is 1. The van der Waals surface area contributed by atoms with Crippen molar-refractivity contribution in [2.45, 2.75) is 25.7 Å². The minimum atomic E-state index is 0.135. The largest absolute Gasteiger partial charge is 0.401 e. The molecule has 0 aromatic heterocycles. The second-order valence-corrected chi connectivity index (χ2v) is 4.51. The molecule has 0 heterocycles. The molecule has 0 saturated heterocycles. The van der Waals surface area contributed by atoms with E-state index < -0.39 is 0 Å². The first-order valence-corrected chi connectivity index (χ1v) is 6.24. The van der Waals surface area contributed by atoms with Gasteiger partial charge in [0, 0.05) is 25.6 Å². The molecule has 18 heavy (non-hydrogen) atoms. The van der Waals surface area contributed by atoms with E-state index in [0.29, 0.717) is 24.1 Å². The van der Waals surface area contributed by atoms with Crippen LogP contribution in [0.2, 0.25) is 0 Å². The molecule has 0 radical (unpaired) electrons. The van der Waals surface area contributed by atoms with Crippen LogP contribution in [0.3, 0.4) is 0 Å². The monoisotopic (exact) mass is 242 g/mol. The molecule has 1 aliphatic carbocycles. The smallest absolute Gasteiger partial charge is 0.166 e. The van der Waals surface area contributed by atoms with E-state index in [4.69, 9.17) is 5.73 Å². The normalized spacial score (nSPS) is 17.2. The maximum atomic E-state index is 12.0. The lowest BCUT2D eigenvalue weighted by Gasteiger charge is -2.18. The zero-order chi connectivity index (χ0) is 13.0. The molecule has 3 nitrogen and oxygen atoms in total. The molecule has 0 unspecified atom stereocenters. The number of allylic oxidation sites excluding steroid dienone is 2. The number of nitrogens with two attached hydrogens (primary N) is 1. The van der Waals surface area contributed by atoms with E-state index in [-0.39, 0.29) is 5.78 Å². The minimum absolute atomic E-state index is 0.135. The Balaban J connectivity index is 2.27. The molecule has 0 aliphatic heterocycles. The van der Waals surface area contributed by atoms with Gasteiger partial charge in [-0.2, -0.15) is 0 Å². The lowest BCUT2D eigenvalue weighted by molar-refractivity contribution is -0.115. The van der Waals surface area contributed by atoms with Crippen molar-refractivity contribution >= 4 is 11.5 Å². The van der Waals surface area contributed by atoms with Gasteiger partial charge in [0.25, 0.3) is 0 Å². The van der Waals surface area contributed by atoms with E-state index in [1.807, 2.05) is 30.3 Å². The van der Waals surface area contributed by atoms with Crippen LogP contribution in [0.4, 0.5) is 0 Å². The van der Waals surface area contributed by atoms with E-state index in [1.54, 1.807) is 7.05 Å². The maximum absolute atomic E-state index is 12.0. The van der Waals surface area contributed by atoms with Gasteiger partial charge in [-0.15, -0.1) is 0 Å². The Morgan fingerprint density at radius 1 is 1.28 bits per heavy atom. The third-order valence-corrected chi connectivity index (χ3v) is 3.22. The summed E-state index contributed by atoms with van der Waals surface area (Å²) in [6, 6.07) is 10.0. The van der Waals surface area contributed by atoms with Crippen LogP contribution < -0.4 is 5.73 Å². The van der Waals surface area contributed by atoms with Crippen LogP contribution in [-0.2, 0) is 11.2 Å². The van der Waals surface area contributed by atoms with Crippen LogP contribution in [0.25, 0.3) is 0 Å². The van der Waals surface area contributed by atoms with Gasteiger partial charge in [-0.25, -0.2) is 0 Å². The quantitative estimate of drug-likeness (QED) is 0.827. The van der Waals surface area contributed by atoms with Gasteiger partial charge in [0.1, 0.15) is 0 Å². The van der Waals surface area contributed by atoms with Crippen molar-refractivity contribution in [1.29, 1.82) is 0 Å². The summed E-state index contributed by atoms with van der Waals surface area (Å²) in [4.78, 5) is 16.2. The summed E-state index contributed by atoms with van der Waals surface area (Å²) in [6.45, 7) is 0. The summed E-state index contributed by atoms with van der Waals surface area (Å²) in [5.74, 6) is 0.135. The van der Waals surface area contributed by atoms with Gasteiger partial charge in [-0.3, -0.25) is 9.79 Å². The number of aliphatic imine (C=N–C) groups is 1. The standard InChI is InChI=1S/C15H18N2O/c1-17-13(10-11-6-3-2-4-7-11)15-12(16)8-5-9-14(15)18/h2-4,6-7H,5,8-10,16H2,1H3. The number of carbonyl (C=O) groups is 1. The van der Waals surface area contributed by atoms with Gasteiger partial charge in [-0.1, -0.05) is 30.3 Å². The molecule has 0 bridgehead atoms. The first kappa shape index (κ1) is 12.6. The molecule has 0 amide bonds. The number of Topliss-reactive ketones (excluding diaryl/α,β-unsaturated/α-hetero) is 1. The van der Waals surface area contributed by atoms with Crippen molar-refractivity contribution in [3.8, 4) is 0 Å². The van der Waals surface area contributed by atoms with Gasteiger partial charge < -0.3 is 5.73 Å². The fourth-order valence-corrected chi connectivity index (χ4v) is 2.28. The Kier molecular flexibility index (Phi) is 3.92. The Morgan fingerprint density at radius 2 is 2.00 bits per heavy atom. The highest BCUT2D eigenvalue weighted by Gasteiger charge is 2.22. The number of ketones is 1. The molecule has 0 atom stereocenters. The van der Waals surface area contributed by atoms with Gasteiger partial charge in [-0.05, 0) is 18.4 Å². The molecule has 94 valence electrons. The van der Waals surface area contributed by atoms with Crippen molar-refractivity contribution in [3.63, 3.8) is 0 Å². The van der Waals surface area contributed by atoms with E-state index in [1.165, 1.54) is 0 Å². The summed E-state index contributed by atoms with van der Waals surface area (Å²) in [5, 5.41) is 0. The second kappa shape index (κ2) is 5.63. The zero-order valence-corrected chi connectivity index (χ0v) is 10.6. The number of hydrogen-bond acceptors (Lipinski definition) is 3. The molecular formula is C15H18N2O. The van der Waals surface area contributed by atoms with Crippen LogP contribution >= 0.6 is 0 Å². The van der Waals surface area contributed by atoms with Crippen LogP contribution in [-0.4, -0.2) is 18.5 Å². The molecule has 0 fully saturated rings. The summed E-state index contributed by atoms with van der Waals surface area (Å²) < 4.78 is 0. The van der Waals surface area contributed by atoms with Gasteiger partial charge in [0.05, 0.1) is 11.3 Å². The average Bonchev–Trinajstić information content (AvgIpc) is 2.38. The van der Waals surface area contributed by atoms with E-state index >= 15 is 0 Å². The van der Waals surface area contributed by atoms with Crippen LogP contribution in [0.5, 0.6) is 0 Å². The molecule has 2 rings (SSSR count). The molecule has 1 aliphatic rings. The average molecular weight is 242 g/mol. The third kappa shape index (κ3) is 2.67. The highest BCUT2D eigenvalue weighted by molar-refractivity contribution is 6.23. The number of nitrogens with zero attached hydrogens (tertiary/aromatic N) is 1. The topological polar surface area (TPSA) is 55.4 Å². The van der Waals surface area contributed by atoms with Crippen LogP contribution in [0.1, 0.15) is 24.8 Å². The first-order chi connectivity index (χ1) is 8.72. The SMILES string of the molecule is CN=C(Cc1ccccc1)C1=C(N)CCCC1=O. The molecular weight excluding hydrogens is 224 g/mol. The summed E-state index contributed by atoms with van der Waals surface area (Å²) in [6.07, 6.45) is 2.91. The predicted octanol–water partition coefficient (Wildman–Crippen LogP) is 2.27. The Labute approximate surface area is 107 Å². The van der Waals surface area contributed by atoms with E-state index in [2.05, 4.69) is 4.99 Å². The second-order valence-electron chi connectivity index (χ2n) is 4.51. The number of rotatable bonds is 3. The van der Waals surface area contributed by atoms with Crippen LogP contribution in [0, 0.1) is 0 Å². The van der Waals surface area contributed by atoms with Crippen molar-refractivity contribution in [1.82, 2.24) is 0 Å². The Bertz CT molecular complexity index is 500. The molecule has 2 N–H and O–H groups in total. The lowest BCUT2D eigenvalue weighted by Crippen LogP contribution is -2.24. The fourth-order valence-electron chi connectivity index (χ4n) is 2.28. The highest BCUT2D eigenvalue weighted by atomic mass is 16.1. The minimum Gasteiger partial charge on any atom is -0.401 e. The number of carbonyl (C=O) groups excluding carboxylic acids is 1. The van der Waals surface area contributed by atoms with Crippen molar-refractivity contribution < 1.29 is 4.79 Å². The van der Waals surface area contributed by atoms with Crippen molar-refractivity contribution in [3.05, 3.63) is 47.2 Å². The summed E-state index contributed by atoms with van der Waals surface area (Å²) in [7, 11) is 1.72. The fraction of sp³-hybridized carbons (Fsp3) is 0.333. The van der Waals surface area contributed by atoms with E-state index in [0.717, 1.165) is 24.1 Å². The Morgan fingerprint density at radius 3 is 2.61 bits per heavy atom. The molecule has 3 heteroatoms. The van der Waals surface area contributed by atoms with Crippen molar-refractivity contribution in [2.24, 2.45) is 10.7 Å². The third-order valence-electron chi connectivity index (χ3n) is 3.22. The highest BCUT2D eigenvalue weighted by Crippen LogP contribution is 2.21. The zero-order valence-electron chi connectivity index (χ0n) is 10.6. The van der Waals surface area contributed by atoms with Crippen LogP contribution in [0.15, 0.2) is 46.6 Å². The molecule has 0 spiro atoms. The Hall–Kier alpha value is -1.90. The van der Waals surface area contributed by atoms with Gasteiger partial charge in [0.15, 0.2) is 5.78 Å². The lowest BCUT2D eigenvalue weighted by atomic mass is 9.89. The molecule has 0 saturated carbocycles. The molecule has 1 aromatic carbocycles. The first-order valence-electron chi connectivity index (χ1n) is 6.24. The van der Waals surface area contributed by atoms with E-state index in [9.17, 15) is 4.79 Å². The van der Waals surface area contributed by atoms with Gasteiger partial charge >= 0.3 is 0 Å².